The number of nitrogens with zero attached hydrogens (tertiary/aromatic N) is 1. The molecule has 0 saturated carbocycles. The van der Waals surface area contributed by atoms with Crippen molar-refractivity contribution >= 4 is 33.9 Å². The van der Waals surface area contributed by atoms with Crippen molar-refractivity contribution in [3.63, 3.8) is 0 Å². The second-order valence-corrected chi connectivity index (χ2v) is 7.41. The van der Waals surface area contributed by atoms with Gasteiger partial charge >= 0.3 is 6.09 Å². The first kappa shape index (κ1) is 17.7. The zero-order valence-corrected chi connectivity index (χ0v) is 15.4. The van der Waals surface area contributed by atoms with Crippen LogP contribution < -0.4 is 0 Å². The van der Waals surface area contributed by atoms with Crippen LogP contribution in [0.4, 0.5) is 4.79 Å². The van der Waals surface area contributed by atoms with Crippen LogP contribution in [0.1, 0.15) is 49.5 Å². The van der Waals surface area contributed by atoms with Gasteiger partial charge in [-0.3, -0.25) is 4.79 Å². The van der Waals surface area contributed by atoms with Crippen molar-refractivity contribution < 1.29 is 14.3 Å². The number of halogens is 1. The fourth-order valence-electron chi connectivity index (χ4n) is 2.55. The number of aldehydes is 1. The molecule has 0 aromatic heterocycles. The lowest BCUT2D eigenvalue weighted by Crippen LogP contribution is -2.37. The summed E-state index contributed by atoms with van der Waals surface area (Å²) in [5.74, 6) is 0. The lowest BCUT2D eigenvalue weighted by molar-refractivity contribution is 0.0260. The monoisotopic (exact) mass is 379 g/mol. The van der Waals surface area contributed by atoms with Crippen molar-refractivity contribution in [1.29, 1.82) is 0 Å². The Labute approximate surface area is 145 Å². The minimum absolute atomic E-state index is 0.281. The van der Waals surface area contributed by atoms with E-state index in [0.717, 1.165) is 28.3 Å². The summed E-state index contributed by atoms with van der Waals surface area (Å²) in [4.78, 5) is 25.3. The Morgan fingerprint density at radius 3 is 2.70 bits per heavy atom. The minimum atomic E-state index is -0.491. The molecular formula is C18H22BrNO3. The van der Waals surface area contributed by atoms with Gasteiger partial charge in [0.05, 0.1) is 0 Å². The Balaban J connectivity index is 2.13. The summed E-state index contributed by atoms with van der Waals surface area (Å²) in [6.07, 6.45) is 4.16. The molecule has 1 aliphatic heterocycles. The van der Waals surface area contributed by atoms with E-state index in [1.807, 2.05) is 39.0 Å². The Morgan fingerprint density at radius 1 is 1.30 bits per heavy atom. The average Bonchev–Trinajstić information content (AvgIpc) is 2.71. The van der Waals surface area contributed by atoms with Crippen LogP contribution in [0.25, 0.3) is 5.57 Å². The molecule has 2 rings (SSSR count). The van der Waals surface area contributed by atoms with Crippen LogP contribution in [0.3, 0.4) is 0 Å². The molecule has 4 nitrogen and oxygen atoms in total. The van der Waals surface area contributed by atoms with E-state index >= 15 is 0 Å². The summed E-state index contributed by atoms with van der Waals surface area (Å²) >= 11 is 3.42. The molecule has 0 unspecified atom stereocenters. The summed E-state index contributed by atoms with van der Waals surface area (Å²) in [6, 6.07) is 5.73. The first-order valence-corrected chi connectivity index (χ1v) is 8.52. The first-order chi connectivity index (χ1) is 10.8. The van der Waals surface area contributed by atoms with E-state index in [4.69, 9.17) is 4.74 Å². The molecule has 0 spiro atoms. The molecule has 124 valence electrons. The fourth-order valence-corrected chi connectivity index (χ4v) is 3.01. The lowest BCUT2D eigenvalue weighted by Gasteiger charge is -2.26. The van der Waals surface area contributed by atoms with Crippen molar-refractivity contribution in [2.24, 2.45) is 0 Å². The van der Waals surface area contributed by atoms with Gasteiger partial charge < -0.3 is 9.64 Å². The van der Waals surface area contributed by atoms with Crippen molar-refractivity contribution in [3.05, 3.63) is 39.9 Å². The molecule has 1 aromatic rings. The smallest absolute Gasteiger partial charge is 0.410 e. The highest BCUT2D eigenvalue weighted by Crippen LogP contribution is 2.29. The van der Waals surface area contributed by atoms with Crippen molar-refractivity contribution in [3.8, 4) is 0 Å². The summed E-state index contributed by atoms with van der Waals surface area (Å²) < 4.78 is 6.23. The number of amides is 1. The zero-order chi connectivity index (χ0) is 17.0. The van der Waals surface area contributed by atoms with Gasteiger partial charge in [-0.2, -0.15) is 0 Å². The van der Waals surface area contributed by atoms with Gasteiger partial charge in [-0.05, 0) is 50.8 Å². The number of rotatable bonds is 2. The Morgan fingerprint density at radius 2 is 2.04 bits per heavy atom. The Kier molecular flexibility index (Phi) is 5.63. The number of hydrogen-bond donors (Lipinski definition) is 0. The quantitative estimate of drug-likeness (QED) is 0.701. The lowest BCUT2D eigenvalue weighted by atomic mass is 9.97. The molecule has 0 fully saturated rings. The molecule has 1 amide bonds. The van der Waals surface area contributed by atoms with Gasteiger partial charge in [0.1, 0.15) is 5.60 Å². The summed E-state index contributed by atoms with van der Waals surface area (Å²) in [7, 11) is 0. The van der Waals surface area contributed by atoms with E-state index in [9.17, 15) is 9.59 Å². The number of carbonyl (C=O) groups excluding carboxylic acids is 2. The van der Waals surface area contributed by atoms with Gasteiger partial charge in [-0.1, -0.05) is 34.1 Å². The first-order valence-electron chi connectivity index (χ1n) is 7.73. The zero-order valence-electron chi connectivity index (χ0n) is 13.8. The van der Waals surface area contributed by atoms with Gasteiger partial charge in [-0.15, -0.1) is 0 Å². The Hall–Kier alpha value is -1.62. The molecule has 0 N–H and O–H groups in total. The molecule has 0 bridgehead atoms. The summed E-state index contributed by atoms with van der Waals surface area (Å²) in [6.45, 7) is 6.81. The van der Waals surface area contributed by atoms with Crippen LogP contribution in [0.5, 0.6) is 0 Å². The molecule has 0 radical (unpaired) electrons. The fraction of sp³-hybridized carbons (Fsp3) is 0.444. The molecule has 1 aliphatic rings. The second-order valence-electron chi connectivity index (χ2n) is 6.55. The topological polar surface area (TPSA) is 46.6 Å². The predicted molar refractivity (Wildman–Crippen MR) is 94.5 cm³/mol. The van der Waals surface area contributed by atoms with Crippen LogP contribution in [0.15, 0.2) is 28.7 Å². The maximum absolute atomic E-state index is 12.2. The van der Waals surface area contributed by atoms with Gasteiger partial charge in [0.2, 0.25) is 0 Å². The van der Waals surface area contributed by atoms with E-state index in [-0.39, 0.29) is 6.09 Å². The standard InChI is InChI=1S/C18H22BrNO3/c1-18(2,3)23-17(22)20-10-5-6-13(9-11-20)14-7-4-8-16(19)15(14)12-21/h4,6-8,12H,5,9-11H2,1-3H3. The average molecular weight is 380 g/mol. The predicted octanol–water partition coefficient (Wildman–Crippen LogP) is 4.68. The Bertz CT molecular complexity index is 632. The van der Waals surface area contributed by atoms with Gasteiger partial charge in [0.25, 0.3) is 0 Å². The highest BCUT2D eigenvalue weighted by molar-refractivity contribution is 9.10. The molecule has 5 heteroatoms. The molecule has 0 aliphatic carbocycles. The molecular weight excluding hydrogens is 358 g/mol. The molecule has 0 saturated heterocycles. The maximum atomic E-state index is 12.2. The van der Waals surface area contributed by atoms with Gasteiger partial charge in [-0.25, -0.2) is 4.79 Å². The van der Waals surface area contributed by atoms with Crippen molar-refractivity contribution in [2.75, 3.05) is 13.1 Å². The van der Waals surface area contributed by atoms with E-state index in [1.54, 1.807) is 4.90 Å². The minimum Gasteiger partial charge on any atom is -0.444 e. The molecule has 23 heavy (non-hydrogen) atoms. The van der Waals surface area contributed by atoms with Gasteiger partial charge in [0, 0.05) is 23.1 Å². The number of hydrogen-bond acceptors (Lipinski definition) is 3. The largest absolute Gasteiger partial charge is 0.444 e. The summed E-state index contributed by atoms with van der Waals surface area (Å²) in [5, 5.41) is 0. The van der Waals surface area contributed by atoms with E-state index in [1.165, 1.54) is 0 Å². The van der Waals surface area contributed by atoms with E-state index < -0.39 is 5.60 Å². The third-order valence-electron chi connectivity index (χ3n) is 3.61. The SMILES string of the molecule is CC(C)(C)OC(=O)N1CCC=C(c2cccc(Br)c2C=O)CC1. The van der Waals surface area contributed by atoms with Crippen molar-refractivity contribution in [2.45, 2.75) is 39.2 Å². The highest BCUT2D eigenvalue weighted by atomic mass is 79.9. The van der Waals surface area contributed by atoms with E-state index in [0.29, 0.717) is 25.1 Å². The normalized spacial score (nSPS) is 15.7. The third kappa shape index (κ3) is 4.67. The van der Waals surface area contributed by atoms with Crippen LogP contribution in [0, 0.1) is 0 Å². The van der Waals surface area contributed by atoms with Crippen molar-refractivity contribution in [1.82, 2.24) is 4.90 Å². The van der Waals surface area contributed by atoms with E-state index in [2.05, 4.69) is 22.0 Å². The summed E-state index contributed by atoms with van der Waals surface area (Å²) in [5.41, 5.74) is 2.19. The highest BCUT2D eigenvalue weighted by Gasteiger charge is 2.23. The van der Waals surface area contributed by atoms with Crippen LogP contribution in [-0.2, 0) is 4.74 Å². The van der Waals surface area contributed by atoms with Crippen LogP contribution >= 0.6 is 15.9 Å². The second kappa shape index (κ2) is 7.30. The van der Waals surface area contributed by atoms with Crippen LogP contribution in [-0.4, -0.2) is 36.0 Å². The third-order valence-corrected chi connectivity index (χ3v) is 4.30. The number of benzene rings is 1. The number of ether oxygens (including phenoxy) is 1. The maximum Gasteiger partial charge on any atom is 0.410 e. The van der Waals surface area contributed by atoms with Gasteiger partial charge in [0.15, 0.2) is 6.29 Å². The molecule has 0 atom stereocenters. The van der Waals surface area contributed by atoms with Crippen LogP contribution in [0.2, 0.25) is 0 Å². The molecule has 1 aromatic carbocycles. The molecule has 1 heterocycles. The number of carbonyl (C=O) groups is 2.